The molecule has 0 fully saturated rings. The molecule has 0 aromatic heterocycles. The van der Waals surface area contributed by atoms with Crippen LogP contribution in [0.15, 0.2) is 107 Å². The van der Waals surface area contributed by atoms with Crippen molar-refractivity contribution in [1.29, 1.82) is 0 Å². The van der Waals surface area contributed by atoms with Crippen LogP contribution in [0.5, 0.6) is 11.5 Å². The van der Waals surface area contributed by atoms with Crippen molar-refractivity contribution in [2.45, 2.75) is 0 Å². The summed E-state index contributed by atoms with van der Waals surface area (Å²) >= 11 is 0. The smallest absolute Gasteiger partial charge is 0.133 e. The molecule has 2 N–H and O–H groups in total. The van der Waals surface area contributed by atoms with Crippen LogP contribution in [0.2, 0.25) is 0 Å². The molecule has 0 aliphatic carbocycles. The fourth-order valence-electron chi connectivity index (χ4n) is 2.68. The van der Waals surface area contributed by atoms with Crippen LogP contribution in [0.4, 0.5) is 11.4 Å². The lowest BCUT2D eigenvalue weighted by molar-refractivity contribution is 0.483. The van der Waals surface area contributed by atoms with Crippen LogP contribution in [0.3, 0.4) is 0 Å². The Hall–Kier alpha value is -3.86. The number of aliphatic imine (C=N–C) groups is 2. The van der Waals surface area contributed by atoms with Gasteiger partial charge in [-0.2, -0.15) is 0 Å². The summed E-state index contributed by atoms with van der Waals surface area (Å²) in [6.45, 7) is 0.528. The van der Waals surface area contributed by atoms with Gasteiger partial charge in [0.25, 0.3) is 0 Å². The Morgan fingerprint density at radius 3 is 2.07 bits per heavy atom. The lowest BCUT2D eigenvalue weighted by atomic mass is 10.3. The Morgan fingerprint density at radius 1 is 0.679 bits per heavy atom. The zero-order valence-corrected chi connectivity index (χ0v) is 15.2. The van der Waals surface area contributed by atoms with Crippen LogP contribution < -0.4 is 15.4 Å². The van der Waals surface area contributed by atoms with Gasteiger partial charge in [0, 0.05) is 23.7 Å². The van der Waals surface area contributed by atoms with E-state index in [0.717, 1.165) is 34.5 Å². The number of nitrogens with one attached hydrogen (secondary N) is 2. The summed E-state index contributed by atoms with van der Waals surface area (Å²) in [6.07, 6.45) is 3.68. The molecule has 0 spiro atoms. The summed E-state index contributed by atoms with van der Waals surface area (Å²) in [4.78, 5) is 8.93. The number of benzene rings is 3. The predicted molar refractivity (Wildman–Crippen MR) is 116 cm³/mol. The number of nitrogens with zero attached hydrogens (tertiary/aromatic N) is 2. The minimum Gasteiger partial charge on any atom is -0.457 e. The summed E-state index contributed by atoms with van der Waals surface area (Å²) in [5.41, 5.74) is 1.91. The Bertz CT molecular complexity index is 994. The topological polar surface area (TPSA) is 58.0 Å². The first kappa shape index (κ1) is 17.5. The highest BCUT2D eigenvalue weighted by atomic mass is 16.5. The van der Waals surface area contributed by atoms with Gasteiger partial charge in [-0.3, -0.25) is 4.99 Å². The van der Waals surface area contributed by atoms with Crippen molar-refractivity contribution in [3.63, 3.8) is 0 Å². The highest BCUT2D eigenvalue weighted by molar-refractivity contribution is 6.05. The second-order valence-corrected chi connectivity index (χ2v) is 6.12. The van der Waals surface area contributed by atoms with E-state index >= 15 is 0 Å². The second-order valence-electron chi connectivity index (χ2n) is 6.12. The van der Waals surface area contributed by atoms with E-state index in [1.54, 1.807) is 6.21 Å². The highest BCUT2D eigenvalue weighted by Gasteiger charge is 2.05. The van der Waals surface area contributed by atoms with Gasteiger partial charge in [-0.25, -0.2) is 4.99 Å². The predicted octanol–water partition coefficient (Wildman–Crippen LogP) is 5.33. The van der Waals surface area contributed by atoms with Crippen LogP contribution >= 0.6 is 0 Å². The summed E-state index contributed by atoms with van der Waals surface area (Å²) in [6, 6.07) is 27.4. The van der Waals surface area contributed by atoms with E-state index in [2.05, 4.69) is 20.6 Å². The average molecular weight is 368 g/mol. The van der Waals surface area contributed by atoms with Crippen molar-refractivity contribution in [2.75, 3.05) is 17.2 Å². The summed E-state index contributed by atoms with van der Waals surface area (Å²) in [5, 5.41) is 6.62. The lowest BCUT2D eigenvalue weighted by Gasteiger charge is -2.10. The number of para-hydroxylation sites is 2. The van der Waals surface area contributed by atoms with Gasteiger partial charge in [0.05, 0.1) is 6.54 Å². The summed E-state index contributed by atoms with van der Waals surface area (Å²) in [5.74, 6) is 3.07. The molecule has 5 nitrogen and oxygen atoms in total. The molecule has 138 valence electrons. The number of ether oxygens (including phenoxy) is 1. The SMILES string of the molecule is C1=NC(Nc2ccc(Oc3ccccc3)cc2)=CC(Nc2ccccc2)=NC1. The van der Waals surface area contributed by atoms with E-state index in [1.807, 2.05) is 91.0 Å². The van der Waals surface area contributed by atoms with E-state index in [-0.39, 0.29) is 0 Å². The third kappa shape index (κ3) is 4.86. The number of amidine groups is 1. The van der Waals surface area contributed by atoms with Crippen molar-refractivity contribution in [3.8, 4) is 11.5 Å². The molecule has 0 atom stereocenters. The molecule has 0 saturated carbocycles. The number of rotatable bonds is 5. The summed E-state index contributed by atoms with van der Waals surface area (Å²) < 4.78 is 5.83. The van der Waals surface area contributed by atoms with E-state index < -0.39 is 0 Å². The van der Waals surface area contributed by atoms with Gasteiger partial charge in [0.2, 0.25) is 0 Å². The number of hydrogen-bond acceptors (Lipinski definition) is 5. The minimum absolute atomic E-state index is 0.528. The van der Waals surface area contributed by atoms with Crippen molar-refractivity contribution in [3.05, 3.63) is 96.8 Å². The molecular weight excluding hydrogens is 348 g/mol. The van der Waals surface area contributed by atoms with Gasteiger partial charge in [0.15, 0.2) is 0 Å². The van der Waals surface area contributed by atoms with Crippen molar-refractivity contribution < 1.29 is 4.74 Å². The third-order valence-electron chi connectivity index (χ3n) is 4.00. The largest absolute Gasteiger partial charge is 0.457 e. The number of anilines is 2. The van der Waals surface area contributed by atoms with Gasteiger partial charge in [-0.05, 0) is 48.5 Å². The van der Waals surface area contributed by atoms with Crippen molar-refractivity contribution >= 4 is 23.4 Å². The minimum atomic E-state index is 0.528. The summed E-state index contributed by atoms with van der Waals surface area (Å²) in [7, 11) is 0. The van der Waals surface area contributed by atoms with Gasteiger partial charge >= 0.3 is 0 Å². The molecule has 1 heterocycles. The van der Waals surface area contributed by atoms with E-state index in [0.29, 0.717) is 6.54 Å². The van der Waals surface area contributed by atoms with E-state index in [4.69, 9.17) is 4.74 Å². The first-order valence-electron chi connectivity index (χ1n) is 9.06. The molecule has 1 aliphatic heterocycles. The van der Waals surface area contributed by atoms with Gasteiger partial charge < -0.3 is 15.4 Å². The zero-order valence-electron chi connectivity index (χ0n) is 15.2. The van der Waals surface area contributed by atoms with Gasteiger partial charge in [-0.15, -0.1) is 0 Å². The first-order chi connectivity index (χ1) is 13.8. The Morgan fingerprint density at radius 2 is 1.32 bits per heavy atom. The lowest BCUT2D eigenvalue weighted by Crippen LogP contribution is -2.11. The van der Waals surface area contributed by atoms with Crippen LogP contribution in [-0.4, -0.2) is 18.6 Å². The van der Waals surface area contributed by atoms with E-state index in [9.17, 15) is 0 Å². The quantitative estimate of drug-likeness (QED) is 0.640. The molecule has 5 heteroatoms. The molecular formula is C23H20N4O. The van der Waals surface area contributed by atoms with Gasteiger partial charge in [-0.1, -0.05) is 36.4 Å². The molecule has 0 unspecified atom stereocenters. The molecule has 3 aromatic rings. The van der Waals surface area contributed by atoms with E-state index in [1.165, 1.54) is 0 Å². The van der Waals surface area contributed by atoms with Crippen LogP contribution in [0, 0.1) is 0 Å². The fourth-order valence-corrected chi connectivity index (χ4v) is 2.68. The fraction of sp³-hybridized carbons (Fsp3) is 0.0435. The molecule has 0 bridgehead atoms. The van der Waals surface area contributed by atoms with Crippen LogP contribution in [0.25, 0.3) is 0 Å². The van der Waals surface area contributed by atoms with Crippen molar-refractivity contribution in [2.24, 2.45) is 9.98 Å². The van der Waals surface area contributed by atoms with Crippen molar-refractivity contribution in [1.82, 2.24) is 0 Å². The zero-order chi connectivity index (χ0) is 19.0. The standard InChI is InChI=1S/C23H20N4O/c1-3-7-18(8-4-1)26-22-17-23(25-16-15-24-22)27-19-11-13-21(14-12-19)28-20-9-5-2-6-10-20/h1-14,16-17,27H,15H2,(H,24,26). The Balaban J connectivity index is 1.43. The highest BCUT2D eigenvalue weighted by Crippen LogP contribution is 2.23. The monoisotopic (exact) mass is 368 g/mol. The maximum absolute atomic E-state index is 5.83. The second kappa shape index (κ2) is 8.68. The molecule has 0 saturated heterocycles. The molecule has 0 radical (unpaired) electrons. The first-order valence-corrected chi connectivity index (χ1v) is 9.06. The van der Waals surface area contributed by atoms with Crippen LogP contribution in [0.1, 0.15) is 0 Å². The molecule has 1 aliphatic rings. The molecule has 28 heavy (non-hydrogen) atoms. The molecule has 3 aromatic carbocycles. The average Bonchev–Trinajstić information content (AvgIpc) is 2.96. The maximum atomic E-state index is 5.83. The molecule has 4 rings (SSSR count). The third-order valence-corrected chi connectivity index (χ3v) is 4.00. The Labute approximate surface area is 164 Å². The Kier molecular flexibility index (Phi) is 5.44. The maximum Gasteiger partial charge on any atom is 0.133 e. The van der Waals surface area contributed by atoms with Crippen LogP contribution in [-0.2, 0) is 0 Å². The molecule has 0 amide bonds. The number of hydrogen-bond donors (Lipinski definition) is 2. The van der Waals surface area contributed by atoms with Gasteiger partial charge in [0.1, 0.15) is 23.2 Å². The normalized spacial score (nSPS) is 13.1.